The Bertz CT molecular complexity index is 460. The molecule has 0 spiro atoms. The standard InChI is InChI=1S/C20H33NO2/c1-14(2)16(4)15(3)10-9-12-19(18(6)22)11-7-8-13-20(23)17(5)21/h9-10,14,16,19H,3,5,7-8,11-13,21H2,1-2,4,6H3/b10-9+/t16-,19+/m0/s1. The maximum Gasteiger partial charge on any atom is 0.177 e. The van der Waals surface area contributed by atoms with Crippen LogP contribution in [0.15, 0.2) is 36.6 Å². The van der Waals surface area contributed by atoms with Crippen LogP contribution in [0.3, 0.4) is 0 Å². The Morgan fingerprint density at radius 3 is 2.22 bits per heavy atom. The molecule has 3 heteroatoms. The summed E-state index contributed by atoms with van der Waals surface area (Å²) < 4.78 is 0. The van der Waals surface area contributed by atoms with Gasteiger partial charge in [0.1, 0.15) is 5.78 Å². The molecule has 130 valence electrons. The highest BCUT2D eigenvalue weighted by atomic mass is 16.1. The number of hydrogen-bond donors (Lipinski definition) is 1. The number of rotatable bonds is 12. The molecule has 3 nitrogen and oxygen atoms in total. The molecule has 0 rings (SSSR count). The highest BCUT2D eigenvalue weighted by Crippen LogP contribution is 2.21. The van der Waals surface area contributed by atoms with Gasteiger partial charge in [0.05, 0.1) is 5.70 Å². The molecule has 0 aliphatic rings. The fourth-order valence-corrected chi connectivity index (χ4v) is 2.29. The summed E-state index contributed by atoms with van der Waals surface area (Å²) >= 11 is 0. The van der Waals surface area contributed by atoms with Gasteiger partial charge in [-0.2, -0.15) is 0 Å². The van der Waals surface area contributed by atoms with E-state index >= 15 is 0 Å². The Morgan fingerprint density at radius 1 is 1.13 bits per heavy atom. The first-order valence-corrected chi connectivity index (χ1v) is 8.50. The Morgan fingerprint density at radius 2 is 1.74 bits per heavy atom. The van der Waals surface area contributed by atoms with Gasteiger partial charge in [-0.1, -0.05) is 58.1 Å². The van der Waals surface area contributed by atoms with E-state index in [2.05, 4.69) is 40.0 Å². The lowest BCUT2D eigenvalue weighted by molar-refractivity contribution is -0.120. The van der Waals surface area contributed by atoms with Crippen molar-refractivity contribution in [1.82, 2.24) is 0 Å². The lowest BCUT2D eigenvalue weighted by atomic mass is 9.89. The van der Waals surface area contributed by atoms with Crippen LogP contribution < -0.4 is 5.73 Å². The van der Waals surface area contributed by atoms with E-state index in [-0.39, 0.29) is 23.2 Å². The fourth-order valence-electron chi connectivity index (χ4n) is 2.29. The third kappa shape index (κ3) is 9.17. The van der Waals surface area contributed by atoms with Crippen LogP contribution in [0.1, 0.15) is 59.8 Å². The lowest BCUT2D eigenvalue weighted by Gasteiger charge is -2.16. The predicted molar refractivity (Wildman–Crippen MR) is 97.9 cm³/mol. The summed E-state index contributed by atoms with van der Waals surface area (Å²) in [7, 11) is 0. The topological polar surface area (TPSA) is 60.2 Å². The molecule has 0 bridgehead atoms. The first-order valence-electron chi connectivity index (χ1n) is 8.50. The monoisotopic (exact) mass is 319 g/mol. The highest BCUT2D eigenvalue weighted by Gasteiger charge is 2.13. The van der Waals surface area contributed by atoms with Gasteiger partial charge in [0.25, 0.3) is 0 Å². The molecular formula is C20H33NO2. The zero-order valence-electron chi connectivity index (χ0n) is 15.2. The largest absolute Gasteiger partial charge is 0.396 e. The van der Waals surface area contributed by atoms with Crippen molar-refractivity contribution in [2.45, 2.75) is 59.8 Å². The lowest BCUT2D eigenvalue weighted by Crippen LogP contribution is -2.12. The van der Waals surface area contributed by atoms with E-state index in [0.29, 0.717) is 18.3 Å². The minimum Gasteiger partial charge on any atom is -0.396 e. The third-order valence-electron chi connectivity index (χ3n) is 4.48. The predicted octanol–water partition coefficient (Wildman–Crippen LogP) is 4.59. The van der Waals surface area contributed by atoms with Crippen molar-refractivity contribution in [3.05, 3.63) is 36.6 Å². The number of carbonyl (C=O) groups excluding carboxylic acids is 2. The van der Waals surface area contributed by atoms with Gasteiger partial charge in [-0.3, -0.25) is 9.59 Å². The highest BCUT2D eigenvalue weighted by molar-refractivity contribution is 5.93. The van der Waals surface area contributed by atoms with Gasteiger partial charge in [0, 0.05) is 12.3 Å². The molecule has 0 aromatic carbocycles. The number of unbranched alkanes of at least 4 members (excludes halogenated alkanes) is 1. The second-order valence-corrected chi connectivity index (χ2v) is 6.75. The quantitative estimate of drug-likeness (QED) is 0.325. The van der Waals surface area contributed by atoms with Crippen molar-refractivity contribution < 1.29 is 9.59 Å². The van der Waals surface area contributed by atoms with Crippen LogP contribution in [-0.4, -0.2) is 11.6 Å². The van der Waals surface area contributed by atoms with E-state index in [4.69, 9.17) is 5.73 Å². The van der Waals surface area contributed by atoms with Crippen LogP contribution in [-0.2, 0) is 9.59 Å². The van der Waals surface area contributed by atoms with Gasteiger partial charge < -0.3 is 5.73 Å². The zero-order chi connectivity index (χ0) is 18.0. The molecule has 0 aromatic heterocycles. The van der Waals surface area contributed by atoms with E-state index in [9.17, 15) is 9.59 Å². The summed E-state index contributed by atoms with van der Waals surface area (Å²) in [4.78, 5) is 23.1. The van der Waals surface area contributed by atoms with Gasteiger partial charge in [0.15, 0.2) is 5.78 Å². The average Bonchev–Trinajstić information content (AvgIpc) is 2.47. The number of Topliss-reactive ketones (excluding diaryl/α,β-unsaturated/α-hetero) is 2. The van der Waals surface area contributed by atoms with Crippen molar-refractivity contribution in [3.63, 3.8) is 0 Å². The van der Waals surface area contributed by atoms with Gasteiger partial charge in [-0.05, 0) is 38.0 Å². The second-order valence-electron chi connectivity index (χ2n) is 6.75. The maximum absolute atomic E-state index is 11.7. The molecule has 0 saturated carbocycles. The van der Waals surface area contributed by atoms with Crippen molar-refractivity contribution in [2.24, 2.45) is 23.5 Å². The molecule has 2 N–H and O–H groups in total. The molecule has 0 radical (unpaired) electrons. The van der Waals surface area contributed by atoms with Gasteiger partial charge in [-0.25, -0.2) is 0 Å². The second kappa shape index (κ2) is 11.0. The molecule has 0 aromatic rings. The number of hydrogen-bond acceptors (Lipinski definition) is 3. The molecule has 0 saturated heterocycles. The SMILES string of the molecule is C=C(N)C(=O)CCCC[C@H](C/C=C/C(=C)[C@@H](C)C(C)C)C(C)=O. The Hall–Kier alpha value is -1.64. The molecular weight excluding hydrogens is 286 g/mol. The van der Waals surface area contributed by atoms with Crippen LogP contribution in [0.4, 0.5) is 0 Å². The fraction of sp³-hybridized carbons (Fsp3) is 0.600. The van der Waals surface area contributed by atoms with Crippen molar-refractivity contribution in [2.75, 3.05) is 0 Å². The minimum atomic E-state index is -0.0942. The maximum atomic E-state index is 11.7. The Kier molecular flexibility index (Phi) is 10.2. The van der Waals surface area contributed by atoms with E-state index < -0.39 is 0 Å². The van der Waals surface area contributed by atoms with Gasteiger partial charge in [-0.15, -0.1) is 0 Å². The average molecular weight is 319 g/mol. The molecule has 23 heavy (non-hydrogen) atoms. The first-order chi connectivity index (χ1) is 10.7. The normalized spacial score (nSPS) is 14.0. The summed E-state index contributed by atoms with van der Waals surface area (Å²) in [5, 5.41) is 0. The summed E-state index contributed by atoms with van der Waals surface area (Å²) in [6.07, 6.45) is 7.65. The number of allylic oxidation sites excluding steroid dienone is 4. The molecule has 0 unspecified atom stereocenters. The third-order valence-corrected chi connectivity index (χ3v) is 4.48. The molecule has 2 atom stereocenters. The van der Waals surface area contributed by atoms with E-state index in [1.165, 1.54) is 0 Å². The van der Waals surface area contributed by atoms with Crippen molar-refractivity contribution in [1.29, 1.82) is 0 Å². The smallest absolute Gasteiger partial charge is 0.177 e. The van der Waals surface area contributed by atoms with Crippen LogP contribution in [0.2, 0.25) is 0 Å². The number of nitrogens with two attached hydrogens (primary N) is 1. The Balaban J connectivity index is 4.28. The molecule has 0 aliphatic carbocycles. The van der Waals surface area contributed by atoms with E-state index in [0.717, 1.165) is 31.3 Å². The summed E-state index contributed by atoms with van der Waals surface area (Å²) in [6.45, 7) is 15.7. The van der Waals surface area contributed by atoms with Crippen molar-refractivity contribution in [3.8, 4) is 0 Å². The van der Waals surface area contributed by atoms with Gasteiger partial charge >= 0.3 is 0 Å². The van der Waals surface area contributed by atoms with Crippen LogP contribution >= 0.6 is 0 Å². The Labute approximate surface area is 141 Å². The summed E-state index contributed by atoms with van der Waals surface area (Å²) in [5.41, 5.74) is 6.58. The first kappa shape index (κ1) is 21.4. The minimum absolute atomic E-state index is 0.0181. The van der Waals surface area contributed by atoms with Crippen LogP contribution in [0.5, 0.6) is 0 Å². The summed E-state index contributed by atoms with van der Waals surface area (Å²) in [5.74, 6) is 1.13. The molecule has 0 amide bonds. The summed E-state index contributed by atoms with van der Waals surface area (Å²) in [6, 6.07) is 0. The van der Waals surface area contributed by atoms with E-state index in [1.807, 2.05) is 6.08 Å². The van der Waals surface area contributed by atoms with Gasteiger partial charge in [0.2, 0.25) is 0 Å². The van der Waals surface area contributed by atoms with Crippen molar-refractivity contribution >= 4 is 11.6 Å². The van der Waals surface area contributed by atoms with Crippen LogP contribution in [0.25, 0.3) is 0 Å². The van der Waals surface area contributed by atoms with E-state index in [1.54, 1.807) is 6.92 Å². The molecule has 0 heterocycles. The number of ketones is 2. The number of carbonyl (C=O) groups is 2. The van der Waals surface area contributed by atoms with Crippen LogP contribution in [0, 0.1) is 17.8 Å². The zero-order valence-corrected chi connectivity index (χ0v) is 15.2. The molecule has 0 aliphatic heterocycles. The molecule has 0 fully saturated rings.